The number of benzene rings is 2. The predicted molar refractivity (Wildman–Crippen MR) is 83.4 cm³/mol. The number of aliphatic hydroxyl groups is 1. The molecule has 1 heterocycles. The molecule has 0 spiro atoms. The first kappa shape index (κ1) is 13.5. The predicted octanol–water partition coefficient (Wildman–Crippen LogP) is 4.49. The van der Waals surface area contributed by atoms with Crippen LogP contribution in [0.2, 0.25) is 10.0 Å². The van der Waals surface area contributed by atoms with Gasteiger partial charge in [0.25, 0.3) is 0 Å². The van der Waals surface area contributed by atoms with E-state index in [0.29, 0.717) is 10.0 Å². The number of aromatic nitrogens is 1. The maximum atomic E-state index is 9.05. The highest BCUT2D eigenvalue weighted by Crippen LogP contribution is 2.29. The summed E-state index contributed by atoms with van der Waals surface area (Å²) in [7, 11) is 0. The first-order chi connectivity index (χ1) is 9.67. The van der Waals surface area contributed by atoms with Crippen LogP contribution in [-0.2, 0) is 13.2 Å². The molecule has 0 radical (unpaired) electrons. The van der Waals surface area contributed by atoms with Gasteiger partial charge in [-0.15, -0.1) is 0 Å². The lowest BCUT2D eigenvalue weighted by atomic mass is 10.1. The van der Waals surface area contributed by atoms with Crippen molar-refractivity contribution in [3.05, 3.63) is 69.8 Å². The Kier molecular flexibility index (Phi) is 3.70. The van der Waals surface area contributed by atoms with Crippen molar-refractivity contribution in [3.8, 4) is 0 Å². The smallest absolute Gasteiger partial charge is 0.0681 e. The minimum atomic E-state index is 0.0674. The van der Waals surface area contributed by atoms with Crippen LogP contribution < -0.4 is 0 Å². The van der Waals surface area contributed by atoms with Gasteiger partial charge in [-0.3, -0.25) is 0 Å². The lowest BCUT2D eigenvalue weighted by molar-refractivity contribution is 0.282. The minimum absolute atomic E-state index is 0.0674. The molecule has 0 saturated carbocycles. The van der Waals surface area contributed by atoms with Gasteiger partial charge in [0, 0.05) is 23.2 Å². The van der Waals surface area contributed by atoms with Gasteiger partial charge in [0.1, 0.15) is 0 Å². The average molecular weight is 306 g/mol. The molecule has 20 heavy (non-hydrogen) atoms. The monoisotopic (exact) mass is 305 g/mol. The molecule has 0 atom stereocenters. The minimum Gasteiger partial charge on any atom is -0.392 e. The maximum absolute atomic E-state index is 9.05. The molecule has 0 fully saturated rings. The Morgan fingerprint density at radius 3 is 2.35 bits per heavy atom. The summed E-state index contributed by atoms with van der Waals surface area (Å²) in [6.07, 6.45) is 2.01. The summed E-state index contributed by atoms with van der Waals surface area (Å²) in [5, 5.41) is 11.4. The van der Waals surface area contributed by atoms with E-state index in [1.807, 2.05) is 42.6 Å². The summed E-state index contributed by atoms with van der Waals surface area (Å²) < 4.78 is 2.11. The van der Waals surface area contributed by atoms with E-state index in [4.69, 9.17) is 28.3 Å². The summed E-state index contributed by atoms with van der Waals surface area (Å²) in [5.74, 6) is 0. The fraction of sp³-hybridized carbons (Fsp3) is 0.125. The van der Waals surface area contributed by atoms with Crippen molar-refractivity contribution in [3.63, 3.8) is 0 Å². The van der Waals surface area contributed by atoms with Gasteiger partial charge in [-0.1, -0.05) is 47.5 Å². The van der Waals surface area contributed by atoms with Crippen LogP contribution >= 0.6 is 23.2 Å². The largest absolute Gasteiger partial charge is 0.392 e. The van der Waals surface area contributed by atoms with Crippen molar-refractivity contribution in [1.82, 2.24) is 4.57 Å². The first-order valence-corrected chi connectivity index (χ1v) is 7.05. The van der Waals surface area contributed by atoms with Gasteiger partial charge in [0.2, 0.25) is 0 Å². The Morgan fingerprint density at radius 1 is 0.950 bits per heavy atom. The highest BCUT2D eigenvalue weighted by Gasteiger charge is 2.07. The van der Waals surface area contributed by atoms with Crippen molar-refractivity contribution in [2.45, 2.75) is 13.2 Å². The zero-order chi connectivity index (χ0) is 14.1. The van der Waals surface area contributed by atoms with Gasteiger partial charge in [0.15, 0.2) is 0 Å². The summed E-state index contributed by atoms with van der Waals surface area (Å²) in [4.78, 5) is 0. The molecule has 4 heteroatoms. The van der Waals surface area contributed by atoms with Crippen LogP contribution in [-0.4, -0.2) is 9.67 Å². The third-order valence-corrected chi connectivity index (χ3v) is 3.89. The van der Waals surface area contributed by atoms with Crippen LogP contribution in [0.4, 0.5) is 0 Å². The summed E-state index contributed by atoms with van der Waals surface area (Å²) in [6.45, 7) is 0.809. The van der Waals surface area contributed by atoms with Crippen LogP contribution in [0.5, 0.6) is 0 Å². The number of halogens is 2. The number of hydrogen-bond acceptors (Lipinski definition) is 1. The number of rotatable bonds is 3. The molecule has 2 aromatic carbocycles. The lowest BCUT2D eigenvalue weighted by Gasteiger charge is -2.07. The third-order valence-electron chi connectivity index (χ3n) is 3.36. The zero-order valence-electron chi connectivity index (χ0n) is 10.7. The second-order valence-electron chi connectivity index (χ2n) is 4.74. The quantitative estimate of drug-likeness (QED) is 0.758. The van der Waals surface area contributed by atoms with Crippen LogP contribution in [0.1, 0.15) is 11.1 Å². The molecule has 0 saturated heterocycles. The Hall–Kier alpha value is -1.48. The van der Waals surface area contributed by atoms with Crippen LogP contribution in [0, 0.1) is 0 Å². The SMILES string of the molecule is OCc1ccc(Cn2ccc3c(Cl)cc(Cl)cc32)cc1. The average Bonchev–Trinajstić information content (AvgIpc) is 2.83. The Bertz CT molecular complexity index is 747. The number of nitrogens with zero attached hydrogens (tertiary/aromatic N) is 1. The molecule has 0 aliphatic carbocycles. The second-order valence-corrected chi connectivity index (χ2v) is 5.58. The van der Waals surface area contributed by atoms with Gasteiger partial charge < -0.3 is 9.67 Å². The summed E-state index contributed by atoms with van der Waals surface area (Å²) >= 11 is 12.3. The Labute approximate surface area is 127 Å². The van der Waals surface area contributed by atoms with Crippen LogP contribution in [0.15, 0.2) is 48.7 Å². The number of aliphatic hydroxyl groups excluding tert-OH is 1. The zero-order valence-corrected chi connectivity index (χ0v) is 12.2. The molecule has 0 aliphatic heterocycles. The standard InChI is InChI=1S/C16H13Cl2NO/c17-13-7-15(18)14-5-6-19(16(14)8-13)9-11-1-3-12(10-20)4-2-11/h1-8,20H,9-10H2. The fourth-order valence-electron chi connectivity index (χ4n) is 2.30. The van der Waals surface area contributed by atoms with Crippen LogP contribution in [0.3, 0.4) is 0 Å². The first-order valence-electron chi connectivity index (χ1n) is 6.30. The summed E-state index contributed by atoms with van der Waals surface area (Å²) in [5.41, 5.74) is 3.10. The molecule has 3 aromatic rings. The van der Waals surface area contributed by atoms with E-state index in [-0.39, 0.29) is 6.61 Å². The van der Waals surface area contributed by atoms with E-state index >= 15 is 0 Å². The molecular formula is C16H13Cl2NO. The molecule has 0 bridgehead atoms. The van der Waals surface area contributed by atoms with Crippen molar-refractivity contribution in [2.75, 3.05) is 0 Å². The molecule has 0 unspecified atom stereocenters. The van der Waals surface area contributed by atoms with Crippen molar-refractivity contribution < 1.29 is 5.11 Å². The third kappa shape index (κ3) is 2.55. The normalized spacial score (nSPS) is 11.2. The molecular weight excluding hydrogens is 293 g/mol. The highest BCUT2D eigenvalue weighted by molar-refractivity contribution is 6.38. The van der Waals surface area contributed by atoms with Crippen LogP contribution in [0.25, 0.3) is 10.9 Å². The van der Waals surface area contributed by atoms with Crippen molar-refractivity contribution >= 4 is 34.1 Å². The Morgan fingerprint density at radius 2 is 1.65 bits per heavy atom. The second kappa shape index (κ2) is 5.49. The molecule has 2 nitrogen and oxygen atoms in total. The fourth-order valence-corrected chi connectivity index (χ4v) is 2.85. The maximum Gasteiger partial charge on any atom is 0.0681 e. The molecule has 0 aliphatic rings. The van der Waals surface area contributed by atoms with Crippen molar-refractivity contribution in [2.24, 2.45) is 0 Å². The topological polar surface area (TPSA) is 25.2 Å². The van der Waals surface area contributed by atoms with Gasteiger partial charge >= 0.3 is 0 Å². The molecule has 0 amide bonds. The lowest BCUT2D eigenvalue weighted by Crippen LogP contribution is -1.98. The van der Waals surface area contributed by atoms with E-state index in [9.17, 15) is 0 Å². The summed E-state index contributed by atoms with van der Waals surface area (Å²) in [6, 6.07) is 13.6. The highest BCUT2D eigenvalue weighted by atomic mass is 35.5. The van der Waals surface area contributed by atoms with Gasteiger partial charge in [-0.25, -0.2) is 0 Å². The molecule has 3 rings (SSSR count). The van der Waals surface area contributed by atoms with Gasteiger partial charge in [-0.2, -0.15) is 0 Å². The molecule has 1 N–H and O–H groups in total. The molecule has 1 aromatic heterocycles. The number of fused-ring (bicyclic) bond motifs is 1. The Balaban J connectivity index is 1.97. The van der Waals surface area contributed by atoms with Crippen molar-refractivity contribution in [1.29, 1.82) is 0 Å². The van der Waals surface area contributed by atoms with E-state index in [0.717, 1.165) is 28.6 Å². The van der Waals surface area contributed by atoms with Gasteiger partial charge in [-0.05, 0) is 29.3 Å². The van der Waals surface area contributed by atoms with E-state index < -0.39 is 0 Å². The molecule has 102 valence electrons. The number of hydrogen-bond donors (Lipinski definition) is 1. The van der Waals surface area contributed by atoms with Gasteiger partial charge in [0.05, 0.1) is 17.1 Å². The van der Waals surface area contributed by atoms with E-state index in [1.165, 1.54) is 0 Å². The van der Waals surface area contributed by atoms with E-state index in [1.54, 1.807) is 6.07 Å². The van der Waals surface area contributed by atoms with E-state index in [2.05, 4.69) is 4.57 Å².